The Morgan fingerprint density at radius 2 is 2.17 bits per heavy atom. The molecule has 1 heterocycles. The fraction of sp³-hybridized carbons (Fsp3) is 0.600. The monoisotopic (exact) mass is 248 g/mol. The van der Waals surface area contributed by atoms with Crippen LogP contribution in [0, 0.1) is 0 Å². The van der Waals surface area contributed by atoms with E-state index in [9.17, 15) is 0 Å². The smallest absolute Gasteiger partial charge is 0.119 e. The third-order valence-electron chi connectivity index (χ3n) is 3.46. The zero-order chi connectivity index (χ0) is 12.6. The average Bonchev–Trinajstić information content (AvgIpc) is 2.45. The molecule has 0 saturated carbocycles. The summed E-state index contributed by atoms with van der Waals surface area (Å²) in [5, 5.41) is 3.54. The van der Waals surface area contributed by atoms with Gasteiger partial charge in [0.15, 0.2) is 0 Å². The lowest BCUT2D eigenvalue weighted by atomic mass is 10.1. The van der Waals surface area contributed by atoms with Crippen LogP contribution in [-0.4, -0.2) is 43.7 Å². The number of ether oxygens (including phenoxy) is 1. The standard InChI is InChI=1S/C15H24N2O/c1-2-14-13-17(11-9-16-14)10-6-12-18-15-7-4-3-5-8-15/h3-5,7-8,14,16H,2,6,9-13H2,1H3. The molecule has 3 nitrogen and oxygen atoms in total. The lowest BCUT2D eigenvalue weighted by Gasteiger charge is -2.33. The van der Waals surface area contributed by atoms with Crippen LogP contribution in [0.2, 0.25) is 0 Å². The lowest BCUT2D eigenvalue weighted by Crippen LogP contribution is -2.50. The molecule has 2 rings (SSSR count). The quantitative estimate of drug-likeness (QED) is 0.781. The van der Waals surface area contributed by atoms with Crippen molar-refractivity contribution in [3.05, 3.63) is 30.3 Å². The van der Waals surface area contributed by atoms with Crippen LogP contribution in [0.3, 0.4) is 0 Å². The summed E-state index contributed by atoms with van der Waals surface area (Å²) in [6, 6.07) is 10.7. The number of hydrogen-bond acceptors (Lipinski definition) is 3. The maximum atomic E-state index is 5.71. The summed E-state index contributed by atoms with van der Waals surface area (Å²) in [5.74, 6) is 0.976. The van der Waals surface area contributed by atoms with Gasteiger partial charge in [-0.25, -0.2) is 0 Å². The number of rotatable bonds is 6. The van der Waals surface area contributed by atoms with Gasteiger partial charge in [0, 0.05) is 32.2 Å². The summed E-state index contributed by atoms with van der Waals surface area (Å²) in [6.45, 7) is 7.68. The largest absolute Gasteiger partial charge is 0.494 e. The van der Waals surface area contributed by atoms with Gasteiger partial charge < -0.3 is 15.0 Å². The van der Waals surface area contributed by atoms with Crippen LogP contribution in [0.4, 0.5) is 0 Å². The van der Waals surface area contributed by atoms with Crippen LogP contribution in [0.15, 0.2) is 30.3 Å². The van der Waals surface area contributed by atoms with Crippen molar-refractivity contribution in [1.82, 2.24) is 10.2 Å². The minimum absolute atomic E-state index is 0.675. The molecule has 1 N–H and O–H groups in total. The molecule has 0 radical (unpaired) electrons. The Balaban J connectivity index is 1.60. The molecule has 0 aliphatic carbocycles. The van der Waals surface area contributed by atoms with Gasteiger partial charge in [-0.1, -0.05) is 25.1 Å². The molecule has 3 heteroatoms. The predicted octanol–water partition coefficient (Wildman–Crippen LogP) is 2.14. The van der Waals surface area contributed by atoms with Gasteiger partial charge in [-0.05, 0) is 25.0 Å². The second kappa shape index (κ2) is 7.39. The Morgan fingerprint density at radius 3 is 2.94 bits per heavy atom. The van der Waals surface area contributed by atoms with E-state index in [2.05, 4.69) is 17.1 Å². The van der Waals surface area contributed by atoms with Gasteiger partial charge in [0.2, 0.25) is 0 Å². The van der Waals surface area contributed by atoms with E-state index in [0.717, 1.165) is 31.9 Å². The van der Waals surface area contributed by atoms with Crippen LogP contribution >= 0.6 is 0 Å². The number of benzene rings is 1. The number of piperazine rings is 1. The second-order valence-electron chi connectivity index (χ2n) is 4.87. The highest BCUT2D eigenvalue weighted by Gasteiger charge is 2.16. The number of nitrogens with one attached hydrogen (secondary N) is 1. The molecule has 0 aromatic heterocycles. The molecule has 0 bridgehead atoms. The molecule has 18 heavy (non-hydrogen) atoms. The van der Waals surface area contributed by atoms with Gasteiger partial charge in [-0.15, -0.1) is 0 Å². The highest BCUT2D eigenvalue weighted by molar-refractivity contribution is 5.20. The van der Waals surface area contributed by atoms with Crippen LogP contribution in [-0.2, 0) is 0 Å². The number of nitrogens with zero attached hydrogens (tertiary/aromatic N) is 1. The van der Waals surface area contributed by atoms with E-state index in [-0.39, 0.29) is 0 Å². The molecule has 1 aliphatic rings. The van der Waals surface area contributed by atoms with E-state index in [1.165, 1.54) is 19.5 Å². The van der Waals surface area contributed by atoms with E-state index in [4.69, 9.17) is 4.74 Å². The average molecular weight is 248 g/mol. The normalized spacial score (nSPS) is 20.8. The molecule has 1 atom stereocenters. The van der Waals surface area contributed by atoms with Crippen molar-refractivity contribution in [2.75, 3.05) is 32.8 Å². The highest BCUT2D eigenvalue weighted by Crippen LogP contribution is 2.09. The van der Waals surface area contributed by atoms with E-state index in [1.54, 1.807) is 0 Å². The summed E-state index contributed by atoms with van der Waals surface area (Å²) in [5.41, 5.74) is 0. The van der Waals surface area contributed by atoms with Gasteiger partial charge in [0.1, 0.15) is 5.75 Å². The first kappa shape index (κ1) is 13.4. The fourth-order valence-corrected chi connectivity index (χ4v) is 2.37. The van der Waals surface area contributed by atoms with Crippen molar-refractivity contribution in [3.8, 4) is 5.75 Å². The minimum Gasteiger partial charge on any atom is -0.494 e. The Hall–Kier alpha value is -1.06. The van der Waals surface area contributed by atoms with Crippen molar-refractivity contribution in [2.24, 2.45) is 0 Å². The lowest BCUT2D eigenvalue weighted by molar-refractivity contribution is 0.181. The second-order valence-corrected chi connectivity index (χ2v) is 4.87. The van der Waals surface area contributed by atoms with Crippen LogP contribution < -0.4 is 10.1 Å². The Kier molecular flexibility index (Phi) is 5.49. The molecule has 1 fully saturated rings. The first-order chi connectivity index (χ1) is 8.88. The maximum Gasteiger partial charge on any atom is 0.119 e. The Bertz CT molecular complexity index is 329. The SMILES string of the molecule is CCC1CN(CCCOc2ccccc2)CCN1. The molecule has 1 aromatic rings. The Labute approximate surface area is 110 Å². The highest BCUT2D eigenvalue weighted by atomic mass is 16.5. The van der Waals surface area contributed by atoms with Gasteiger partial charge in [0.25, 0.3) is 0 Å². The maximum absolute atomic E-state index is 5.71. The molecule has 0 amide bonds. The van der Waals surface area contributed by atoms with E-state index >= 15 is 0 Å². The summed E-state index contributed by atoms with van der Waals surface area (Å²) in [4.78, 5) is 2.54. The van der Waals surface area contributed by atoms with Crippen molar-refractivity contribution in [3.63, 3.8) is 0 Å². The topological polar surface area (TPSA) is 24.5 Å². The van der Waals surface area contributed by atoms with Crippen molar-refractivity contribution < 1.29 is 4.74 Å². The summed E-state index contributed by atoms with van der Waals surface area (Å²) >= 11 is 0. The minimum atomic E-state index is 0.675. The van der Waals surface area contributed by atoms with Crippen molar-refractivity contribution in [2.45, 2.75) is 25.8 Å². The van der Waals surface area contributed by atoms with Crippen molar-refractivity contribution >= 4 is 0 Å². The van der Waals surface area contributed by atoms with Gasteiger partial charge in [0.05, 0.1) is 6.61 Å². The zero-order valence-corrected chi connectivity index (χ0v) is 11.3. The first-order valence-corrected chi connectivity index (χ1v) is 7.02. The predicted molar refractivity (Wildman–Crippen MR) is 75.1 cm³/mol. The van der Waals surface area contributed by atoms with Crippen molar-refractivity contribution in [1.29, 1.82) is 0 Å². The molecule has 1 aromatic carbocycles. The number of para-hydroxylation sites is 1. The zero-order valence-electron chi connectivity index (χ0n) is 11.3. The van der Waals surface area contributed by atoms with Gasteiger partial charge >= 0.3 is 0 Å². The summed E-state index contributed by atoms with van der Waals surface area (Å²) in [6.07, 6.45) is 2.32. The van der Waals surface area contributed by atoms with Crippen LogP contribution in [0.25, 0.3) is 0 Å². The summed E-state index contributed by atoms with van der Waals surface area (Å²) < 4.78 is 5.71. The molecular weight excluding hydrogens is 224 g/mol. The molecule has 100 valence electrons. The van der Waals surface area contributed by atoms with Crippen LogP contribution in [0.1, 0.15) is 19.8 Å². The third kappa shape index (κ3) is 4.31. The molecular formula is C15H24N2O. The Morgan fingerprint density at radius 1 is 1.33 bits per heavy atom. The molecule has 1 aliphatic heterocycles. The first-order valence-electron chi connectivity index (χ1n) is 7.02. The third-order valence-corrected chi connectivity index (χ3v) is 3.46. The fourth-order valence-electron chi connectivity index (χ4n) is 2.37. The van der Waals surface area contributed by atoms with Crippen LogP contribution in [0.5, 0.6) is 5.75 Å². The van der Waals surface area contributed by atoms with E-state index in [1.807, 2.05) is 30.3 Å². The molecule has 1 saturated heterocycles. The van der Waals surface area contributed by atoms with Gasteiger partial charge in [-0.2, -0.15) is 0 Å². The molecule has 1 unspecified atom stereocenters. The van der Waals surface area contributed by atoms with E-state index < -0.39 is 0 Å². The van der Waals surface area contributed by atoms with E-state index in [0.29, 0.717) is 6.04 Å². The number of hydrogen-bond donors (Lipinski definition) is 1. The molecule has 0 spiro atoms. The van der Waals surface area contributed by atoms with Gasteiger partial charge in [-0.3, -0.25) is 0 Å². The summed E-state index contributed by atoms with van der Waals surface area (Å²) in [7, 11) is 0.